The number of sulfone groups is 1. The fourth-order valence-electron chi connectivity index (χ4n) is 3.54. The highest BCUT2D eigenvalue weighted by atomic mass is 32.2. The largest absolute Gasteiger partial charge is 0.472 e. The zero-order valence-corrected chi connectivity index (χ0v) is 23.6. The maximum atomic E-state index is 12.1. The number of phosphoric ester groups is 1. The summed E-state index contributed by atoms with van der Waals surface area (Å²) in [5.41, 5.74) is 0. The van der Waals surface area contributed by atoms with E-state index in [9.17, 15) is 17.9 Å². The van der Waals surface area contributed by atoms with Crippen molar-refractivity contribution in [3.8, 4) is 0 Å². The van der Waals surface area contributed by atoms with Crippen LogP contribution in [0.1, 0.15) is 103 Å². The molecule has 0 aliphatic heterocycles. The Labute approximate surface area is 204 Å². The molecular weight excluding hydrogens is 461 g/mol. The van der Waals surface area contributed by atoms with Gasteiger partial charge in [0.15, 0.2) is 0 Å². The maximum Gasteiger partial charge on any atom is 0.472 e. The van der Waals surface area contributed by atoms with Gasteiger partial charge in [0.2, 0.25) is 0 Å². The van der Waals surface area contributed by atoms with E-state index in [-0.39, 0.29) is 31.1 Å². The number of unbranched alkanes of at least 4 members (excludes halogenated alkanes) is 13. The number of nitrogens with zero attached hydrogens (tertiary/aromatic N) is 1. The lowest BCUT2D eigenvalue weighted by atomic mass is 10.0. The Balaban J connectivity index is 3.60. The summed E-state index contributed by atoms with van der Waals surface area (Å²) in [6, 6.07) is 0. The molecule has 33 heavy (non-hydrogen) atoms. The Morgan fingerprint density at radius 3 is 1.52 bits per heavy atom. The Hall–Kier alpha value is 0.0200. The Morgan fingerprint density at radius 1 is 0.667 bits per heavy atom. The molecule has 0 amide bonds. The second-order valence-corrected chi connectivity index (χ2v) is 14.0. The van der Waals surface area contributed by atoms with E-state index in [2.05, 4.69) is 6.92 Å². The maximum absolute atomic E-state index is 12.1. The highest BCUT2D eigenvalue weighted by molar-refractivity contribution is 7.91. The summed E-state index contributed by atoms with van der Waals surface area (Å²) in [6.45, 7) is 2.83. The molecule has 9 heteroatoms. The molecule has 1 N–H and O–H groups in total. The van der Waals surface area contributed by atoms with Gasteiger partial charge >= 0.3 is 7.82 Å². The van der Waals surface area contributed by atoms with Crippen LogP contribution in [0.2, 0.25) is 0 Å². The molecule has 0 radical (unpaired) electrons. The van der Waals surface area contributed by atoms with E-state index in [4.69, 9.17) is 9.05 Å². The molecule has 1 unspecified atom stereocenters. The molecule has 200 valence electrons. The van der Waals surface area contributed by atoms with Gasteiger partial charge in [-0.3, -0.25) is 9.05 Å². The van der Waals surface area contributed by atoms with Crippen molar-refractivity contribution in [1.82, 2.24) is 0 Å². The van der Waals surface area contributed by atoms with Gasteiger partial charge in [0.05, 0.1) is 39.3 Å². The first-order valence-corrected chi connectivity index (χ1v) is 16.4. The lowest BCUT2D eigenvalue weighted by Crippen LogP contribution is -2.37. The average Bonchev–Trinajstić information content (AvgIpc) is 2.70. The van der Waals surface area contributed by atoms with Crippen LogP contribution in [-0.2, 0) is 23.4 Å². The first kappa shape index (κ1) is 33.0. The molecule has 0 rings (SSSR count). The summed E-state index contributed by atoms with van der Waals surface area (Å²) in [5, 5.41) is 0. The highest BCUT2D eigenvalue weighted by Crippen LogP contribution is 2.43. The molecule has 0 aliphatic carbocycles. The summed E-state index contributed by atoms with van der Waals surface area (Å²) in [7, 11) is -1.40. The highest BCUT2D eigenvalue weighted by Gasteiger charge is 2.22. The van der Waals surface area contributed by atoms with E-state index in [1.807, 2.05) is 21.1 Å². The lowest BCUT2D eigenvalue weighted by Gasteiger charge is -2.24. The molecule has 0 heterocycles. The molecule has 0 saturated heterocycles. The molecule has 0 spiro atoms. The smallest absolute Gasteiger partial charge is 0.329 e. The molecule has 0 aromatic rings. The van der Waals surface area contributed by atoms with Crippen LogP contribution in [-0.4, -0.2) is 70.2 Å². The fourth-order valence-corrected chi connectivity index (χ4v) is 5.70. The predicted molar refractivity (Wildman–Crippen MR) is 138 cm³/mol. The molecule has 0 fully saturated rings. The normalized spacial score (nSPS) is 14.5. The molecule has 0 saturated carbocycles. The molecular formula is C24H53NO6PS+. The van der Waals surface area contributed by atoms with Gasteiger partial charge in [-0.15, -0.1) is 0 Å². The minimum Gasteiger partial charge on any atom is -0.329 e. The molecule has 0 bridgehead atoms. The van der Waals surface area contributed by atoms with Crippen LogP contribution in [0.4, 0.5) is 0 Å². The van der Waals surface area contributed by atoms with Gasteiger partial charge in [-0.25, -0.2) is 13.0 Å². The van der Waals surface area contributed by atoms with Gasteiger partial charge in [-0.05, 0) is 12.8 Å². The first-order valence-electron chi connectivity index (χ1n) is 13.1. The third kappa shape index (κ3) is 24.9. The number of quaternary nitrogens is 1. The van der Waals surface area contributed by atoms with Gasteiger partial charge in [-0.1, -0.05) is 90.4 Å². The standard InChI is InChI=1S/C24H52NO6PS/c1-5-6-7-8-9-10-11-12-13-14-15-16-17-18-23-33(28,29)24-19-21-30-32(26,27)31-22-20-25(2,3)4/h5-24H2,1-4H3/p+1. The number of phosphoric acid groups is 1. The summed E-state index contributed by atoms with van der Waals surface area (Å²) < 4.78 is 46.5. The molecule has 0 aromatic carbocycles. The van der Waals surface area contributed by atoms with E-state index >= 15 is 0 Å². The zero-order valence-electron chi connectivity index (χ0n) is 21.9. The second-order valence-electron chi connectivity index (χ2n) is 10.3. The quantitative estimate of drug-likeness (QED) is 0.0949. The van der Waals surface area contributed by atoms with Crippen LogP contribution >= 0.6 is 7.82 Å². The summed E-state index contributed by atoms with van der Waals surface area (Å²) in [5.74, 6) is 0.159. The minimum atomic E-state index is -4.12. The molecule has 0 aromatic heterocycles. The van der Waals surface area contributed by atoms with Crippen molar-refractivity contribution in [3.05, 3.63) is 0 Å². The number of hydrogen-bond acceptors (Lipinski definition) is 5. The topological polar surface area (TPSA) is 89.9 Å². The van der Waals surface area contributed by atoms with Crippen molar-refractivity contribution < 1.29 is 31.4 Å². The van der Waals surface area contributed by atoms with Crippen LogP contribution in [0.25, 0.3) is 0 Å². The number of rotatable bonds is 24. The van der Waals surface area contributed by atoms with Crippen molar-refractivity contribution in [2.45, 2.75) is 103 Å². The van der Waals surface area contributed by atoms with Gasteiger partial charge in [0.25, 0.3) is 0 Å². The first-order chi connectivity index (χ1) is 15.5. The average molecular weight is 515 g/mol. The van der Waals surface area contributed by atoms with Crippen molar-refractivity contribution in [2.75, 3.05) is 52.4 Å². The van der Waals surface area contributed by atoms with E-state index in [0.29, 0.717) is 17.4 Å². The van der Waals surface area contributed by atoms with Crippen molar-refractivity contribution in [1.29, 1.82) is 0 Å². The molecule has 0 aliphatic rings. The van der Waals surface area contributed by atoms with E-state index < -0.39 is 17.7 Å². The number of hydrogen-bond donors (Lipinski definition) is 1. The van der Waals surface area contributed by atoms with Crippen LogP contribution in [0.3, 0.4) is 0 Å². The Bertz CT molecular complexity index is 607. The van der Waals surface area contributed by atoms with Crippen LogP contribution in [0.5, 0.6) is 0 Å². The van der Waals surface area contributed by atoms with E-state index in [1.165, 1.54) is 70.6 Å². The summed E-state index contributed by atoms with van der Waals surface area (Å²) in [4.78, 5) is 9.64. The Morgan fingerprint density at radius 2 is 1.06 bits per heavy atom. The van der Waals surface area contributed by atoms with Crippen molar-refractivity contribution in [2.24, 2.45) is 0 Å². The second kappa shape index (κ2) is 19.2. The zero-order chi connectivity index (χ0) is 25.1. The summed E-state index contributed by atoms with van der Waals surface area (Å²) >= 11 is 0. The van der Waals surface area contributed by atoms with Crippen LogP contribution in [0, 0.1) is 0 Å². The van der Waals surface area contributed by atoms with Crippen molar-refractivity contribution in [3.63, 3.8) is 0 Å². The fraction of sp³-hybridized carbons (Fsp3) is 1.00. The predicted octanol–water partition coefficient (Wildman–Crippen LogP) is 6.11. The van der Waals surface area contributed by atoms with Crippen molar-refractivity contribution >= 4 is 17.7 Å². The van der Waals surface area contributed by atoms with Crippen LogP contribution in [0.15, 0.2) is 0 Å². The van der Waals surface area contributed by atoms with Gasteiger partial charge < -0.3 is 9.38 Å². The SMILES string of the molecule is CCCCCCCCCCCCCCCCS(=O)(=O)CCCOP(=O)(O)OCC[N+](C)(C)C. The third-order valence-electron chi connectivity index (χ3n) is 5.68. The van der Waals surface area contributed by atoms with Crippen LogP contribution < -0.4 is 0 Å². The monoisotopic (exact) mass is 514 g/mol. The Kier molecular flexibility index (Phi) is 19.2. The minimum absolute atomic E-state index is 0.0235. The van der Waals surface area contributed by atoms with E-state index in [1.54, 1.807) is 0 Å². The molecule has 1 atom stereocenters. The van der Waals surface area contributed by atoms with Gasteiger partial charge in [0.1, 0.15) is 23.0 Å². The van der Waals surface area contributed by atoms with Gasteiger partial charge in [0, 0.05) is 0 Å². The van der Waals surface area contributed by atoms with E-state index in [0.717, 1.165) is 12.8 Å². The lowest BCUT2D eigenvalue weighted by molar-refractivity contribution is -0.870. The third-order valence-corrected chi connectivity index (χ3v) is 8.52. The number of likely N-dealkylation sites (N-methyl/N-ethyl adjacent to an activating group) is 1. The summed E-state index contributed by atoms with van der Waals surface area (Å²) in [6.07, 6.45) is 17.5. The molecule has 7 nitrogen and oxygen atoms in total. The van der Waals surface area contributed by atoms with Gasteiger partial charge in [-0.2, -0.15) is 0 Å².